The maximum atomic E-state index is 13.5. The van der Waals surface area contributed by atoms with Gasteiger partial charge in [-0.25, -0.2) is 8.78 Å². The summed E-state index contributed by atoms with van der Waals surface area (Å²) in [5, 5.41) is 2.72. The van der Waals surface area contributed by atoms with Crippen LogP contribution in [-0.2, 0) is 0 Å². The fourth-order valence-electron chi connectivity index (χ4n) is 1.61. The highest BCUT2D eigenvalue weighted by atomic mass is 79.9. The van der Waals surface area contributed by atoms with Crippen LogP contribution in [0.25, 0.3) is 0 Å². The van der Waals surface area contributed by atoms with Gasteiger partial charge in [-0.05, 0) is 25.0 Å². The van der Waals surface area contributed by atoms with Crippen molar-refractivity contribution >= 4 is 27.5 Å². The number of benzene rings is 1. The Kier molecular flexibility index (Phi) is 3.53. The van der Waals surface area contributed by atoms with Crippen molar-refractivity contribution in [2.24, 2.45) is 4.99 Å². The summed E-state index contributed by atoms with van der Waals surface area (Å²) >= 11 is 3.03. The van der Waals surface area contributed by atoms with Crippen molar-refractivity contribution in [3.05, 3.63) is 28.2 Å². The maximum absolute atomic E-state index is 13.5. The van der Waals surface area contributed by atoms with E-state index >= 15 is 0 Å². The van der Waals surface area contributed by atoms with E-state index in [1.54, 1.807) is 0 Å². The van der Waals surface area contributed by atoms with Crippen LogP contribution in [0.5, 0.6) is 0 Å². The van der Waals surface area contributed by atoms with E-state index in [2.05, 4.69) is 26.2 Å². The number of rotatable bonds is 1. The quantitative estimate of drug-likeness (QED) is 0.837. The SMILES string of the molecule is Fc1cc(Br)cc(F)c1NC1=NCCCC1. The van der Waals surface area contributed by atoms with Crippen LogP contribution in [0, 0.1) is 11.6 Å². The van der Waals surface area contributed by atoms with E-state index in [0.29, 0.717) is 10.3 Å². The molecule has 0 saturated heterocycles. The van der Waals surface area contributed by atoms with Gasteiger partial charge in [0.1, 0.15) is 11.5 Å². The lowest BCUT2D eigenvalue weighted by Gasteiger charge is -2.15. The zero-order valence-electron chi connectivity index (χ0n) is 8.56. The highest BCUT2D eigenvalue weighted by molar-refractivity contribution is 9.10. The summed E-state index contributed by atoms with van der Waals surface area (Å²) in [6.07, 6.45) is 2.79. The molecule has 0 unspecified atom stereocenters. The second kappa shape index (κ2) is 4.91. The van der Waals surface area contributed by atoms with Crippen LogP contribution < -0.4 is 5.32 Å². The smallest absolute Gasteiger partial charge is 0.150 e. The molecule has 86 valence electrons. The van der Waals surface area contributed by atoms with E-state index in [1.807, 2.05) is 0 Å². The molecule has 0 aliphatic carbocycles. The molecule has 0 radical (unpaired) electrons. The van der Waals surface area contributed by atoms with E-state index < -0.39 is 11.6 Å². The molecule has 5 heteroatoms. The topological polar surface area (TPSA) is 24.4 Å². The van der Waals surface area contributed by atoms with E-state index in [9.17, 15) is 8.78 Å². The van der Waals surface area contributed by atoms with Crippen LogP contribution in [-0.4, -0.2) is 12.4 Å². The van der Waals surface area contributed by atoms with Gasteiger partial charge in [0.05, 0.1) is 0 Å². The van der Waals surface area contributed by atoms with Crippen LogP contribution in [0.1, 0.15) is 19.3 Å². The largest absolute Gasteiger partial charge is 0.339 e. The summed E-state index contributed by atoms with van der Waals surface area (Å²) < 4.78 is 27.3. The number of amidine groups is 1. The van der Waals surface area contributed by atoms with Gasteiger partial charge in [0.25, 0.3) is 0 Å². The molecule has 1 aliphatic rings. The third-order valence-electron chi connectivity index (χ3n) is 2.40. The Morgan fingerprint density at radius 1 is 1.19 bits per heavy atom. The third-order valence-corrected chi connectivity index (χ3v) is 2.86. The monoisotopic (exact) mass is 288 g/mol. The second-order valence-electron chi connectivity index (χ2n) is 3.65. The molecule has 0 amide bonds. The lowest BCUT2D eigenvalue weighted by Crippen LogP contribution is -2.17. The fraction of sp³-hybridized carbons (Fsp3) is 0.364. The van der Waals surface area contributed by atoms with Gasteiger partial charge in [-0.2, -0.15) is 0 Å². The van der Waals surface area contributed by atoms with Gasteiger partial charge < -0.3 is 5.32 Å². The van der Waals surface area contributed by atoms with Crippen LogP contribution >= 0.6 is 15.9 Å². The Balaban J connectivity index is 2.24. The van der Waals surface area contributed by atoms with Gasteiger partial charge in [0.2, 0.25) is 0 Å². The summed E-state index contributed by atoms with van der Waals surface area (Å²) in [5.74, 6) is -0.563. The van der Waals surface area contributed by atoms with Crippen molar-refractivity contribution in [3.8, 4) is 0 Å². The molecule has 16 heavy (non-hydrogen) atoms. The standard InChI is InChI=1S/C11H11BrF2N2/c12-7-5-8(13)11(9(14)6-7)16-10-3-1-2-4-15-10/h5-6H,1-4H2,(H,15,16). The molecule has 1 N–H and O–H groups in total. The first-order valence-corrected chi connectivity index (χ1v) is 5.91. The molecule has 0 fully saturated rings. The summed E-state index contributed by atoms with van der Waals surface area (Å²) in [7, 11) is 0. The molecule has 0 spiro atoms. The Labute approximate surface area is 101 Å². The van der Waals surface area contributed by atoms with Crippen LogP contribution in [0.4, 0.5) is 14.5 Å². The number of aliphatic imine (C=N–C) groups is 1. The van der Waals surface area contributed by atoms with Gasteiger partial charge in [-0.1, -0.05) is 15.9 Å². The van der Waals surface area contributed by atoms with Crippen molar-refractivity contribution in [3.63, 3.8) is 0 Å². The Bertz CT molecular complexity index is 409. The van der Waals surface area contributed by atoms with E-state index in [0.717, 1.165) is 25.8 Å². The minimum atomic E-state index is -0.611. The average molecular weight is 289 g/mol. The minimum absolute atomic E-state index is 0.121. The molecule has 1 aromatic rings. The zero-order valence-corrected chi connectivity index (χ0v) is 10.2. The lowest BCUT2D eigenvalue weighted by atomic mass is 10.1. The van der Waals surface area contributed by atoms with Crippen molar-refractivity contribution in [1.82, 2.24) is 0 Å². The van der Waals surface area contributed by atoms with Gasteiger partial charge in [-0.15, -0.1) is 0 Å². The summed E-state index contributed by atoms with van der Waals surface area (Å²) in [5.41, 5.74) is -0.121. The van der Waals surface area contributed by atoms with Crippen molar-refractivity contribution in [1.29, 1.82) is 0 Å². The van der Waals surface area contributed by atoms with E-state index in [4.69, 9.17) is 0 Å². The average Bonchev–Trinajstić information content (AvgIpc) is 2.25. The van der Waals surface area contributed by atoms with Crippen molar-refractivity contribution < 1.29 is 8.78 Å². The van der Waals surface area contributed by atoms with Crippen molar-refractivity contribution in [2.45, 2.75) is 19.3 Å². The van der Waals surface area contributed by atoms with Gasteiger partial charge >= 0.3 is 0 Å². The van der Waals surface area contributed by atoms with Gasteiger partial charge in [0, 0.05) is 17.4 Å². The number of anilines is 1. The van der Waals surface area contributed by atoms with Crippen LogP contribution in [0.3, 0.4) is 0 Å². The Morgan fingerprint density at radius 2 is 1.88 bits per heavy atom. The predicted octanol–water partition coefficient (Wildman–Crippen LogP) is 3.72. The first-order chi connectivity index (χ1) is 7.66. The van der Waals surface area contributed by atoms with Crippen LogP contribution in [0.2, 0.25) is 0 Å². The first kappa shape index (κ1) is 11.5. The Hall–Kier alpha value is -0.970. The molecular formula is C11H11BrF2N2. The minimum Gasteiger partial charge on any atom is -0.339 e. The highest BCUT2D eigenvalue weighted by Gasteiger charge is 2.13. The molecule has 1 aromatic carbocycles. The Morgan fingerprint density at radius 3 is 2.44 bits per heavy atom. The number of hydrogen-bond acceptors (Lipinski definition) is 2. The molecule has 2 nitrogen and oxygen atoms in total. The molecule has 0 bridgehead atoms. The molecule has 2 rings (SSSR count). The summed E-state index contributed by atoms with van der Waals surface area (Å²) in [4.78, 5) is 4.19. The number of nitrogens with one attached hydrogen (secondary N) is 1. The van der Waals surface area contributed by atoms with E-state index in [-0.39, 0.29) is 5.69 Å². The molecule has 1 heterocycles. The normalized spacial score (nSPS) is 15.8. The molecule has 0 atom stereocenters. The van der Waals surface area contributed by atoms with E-state index in [1.165, 1.54) is 12.1 Å². The summed E-state index contributed by atoms with van der Waals surface area (Å²) in [6.45, 7) is 0.724. The van der Waals surface area contributed by atoms with Crippen molar-refractivity contribution in [2.75, 3.05) is 11.9 Å². The van der Waals surface area contributed by atoms with Gasteiger partial charge in [-0.3, -0.25) is 4.99 Å². The maximum Gasteiger partial charge on any atom is 0.150 e. The fourth-order valence-corrected chi connectivity index (χ4v) is 2.01. The first-order valence-electron chi connectivity index (χ1n) is 5.12. The number of halogens is 3. The van der Waals surface area contributed by atoms with Gasteiger partial charge in [0.15, 0.2) is 11.6 Å². The summed E-state index contributed by atoms with van der Waals surface area (Å²) in [6, 6.07) is 2.46. The molecule has 1 aliphatic heterocycles. The molecule has 0 aromatic heterocycles. The second-order valence-corrected chi connectivity index (χ2v) is 4.57. The molecule has 0 saturated carbocycles. The lowest BCUT2D eigenvalue weighted by molar-refractivity contribution is 0.589. The number of nitrogens with zero attached hydrogens (tertiary/aromatic N) is 1. The third kappa shape index (κ3) is 2.58. The highest BCUT2D eigenvalue weighted by Crippen LogP contribution is 2.24. The molecular weight excluding hydrogens is 278 g/mol. The zero-order chi connectivity index (χ0) is 11.5. The van der Waals surface area contributed by atoms with Crippen LogP contribution in [0.15, 0.2) is 21.6 Å². The number of hydrogen-bond donors (Lipinski definition) is 1. The predicted molar refractivity (Wildman–Crippen MR) is 63.8 cm³/mol.